The van der Waals surface area contributed by atoms with Gasteiger partial charge in [0.2, 0.25) is 0 Å². The molecule has 3 fully saturated rings. The van der Waals surface area contributed by atoms with Gasteiger partial charge in [-0.3, -0.25) is 14.7 Å². The smallest absolute Gasteiger partial charge is 0.257 e. The standard InChI is InChI=1S/C22H24FN3O/c23-21-11-24-8-7-20(21)22(27)26-13-15-5-6-18(26)14-25(12-15)19-9-16-3-1-2-4-17(16)10-19/h1-4,7-8,11,15,18-19H,5-6,9-10,12-14H2/t15-,18+/m0/s1. The van der Waals surface area contributed by atoms with Crippen molar-refractivity contribution in [3.8, 4) is 0 Å². The largest absolute Gasteiger partial charge is 0.334 e. The Labute approximate surface area is 159 Å². The molecule has 5 heteroatoms. The van der Waals surface area contributed by atoms with E-state index in [9.17, 15) is 9.18 Å². The number of halogens is 1. The first kappa shape index (κ1) is 16.9. The number of aromatic nitrogens is 1. The Morgan fingerprint density at radius 1 is 1.00 bits per heavy atom. The number of carbonyl (C=O) groups excluding carboxylic acids is 1. The third kappa shape index (κ3) is 3.04. The molecule has 0 unspecified atom stereocenters. The number of amides is 1. The minimum absolute atomic E-state index is 0.150. The molecule has 0 saturated carbocycles. The molecule has 3 aliphatic heterocycles. The number of hydrogen-bond donors (Lipinski definition) is 0. The van der Waals surface area contributed by atoms with E-state index in [4.69, 9.17) is 0 Å². The van der Waals surface area contributed by atoms with Gasteiger partial charge in [-0.05, 0) is 48.8 Å². The van der Waals surface area contributed by atoms with Gasteiger partial charge in [-0.25, -0.2) is 4.39 Å². The lowest BCUT2D eigenvalue weighted by molar-refractivity contribution is 0.0576. The number of hydrogen-bond acceptors (Lipinski definition) is 3. The topological polar surface area (TPSA) is 36.4 Å². The van der Waals surface area contributed by atoms with E-state index < -0.39 is 5.82 Å². The second kappa shape index (κ2) is 6.71. The molecule has 0 spiro atoms. The predicted molar refractivity (Wildman–Crippen MR) is 101 cm³/mol. The van der Waals surface area contributed by atoms with Crippen molar-refractivity contribution in [2.45, 2.75) is 37.8 Å². The number of pyridine rings is 1. The van der Waals surface area contributed by atoms with Gasteiger partial charge >= 0.3 is 0 Å². The number of fused-ring (bicyclic) bond motifs is 5. The summed E-state index contributed by atoms with van der Waals surface area (Å²) in [5.41, 5.74) is 3.08. The van der Waals surface area contributed by atoms with Gasteiger partial charge in [0.05, 0.1) is 11.8 Å². The molecular formula is C22H24FN3O. The molecule has 4 aliphatic rings. The first-order valence-electron chi connectivity index (χ1n) is 9.90. The van der Waals surface area contributed by atoms with Crippen LogP contribution >= 0.6 is 0 Å². The summed E-state index contributed by atoms with van der Waals surface area (Å²) in [6.45, 7) is 2.67. The zero-order valence-corrected chi connectivity index (χ0v) is 15.4. The Bertz CT molecular complexity index is 845. The maximum atomic E-state index is 14.1. The van der Waals surface area contributed by atoms with Crippen LogP contribution in [0.25, 0.3) is 0 Å². The summed E-state index contributed by atoms with van der Waals surface area (Å²) in [7, 11) is 0. The third-order valence-electron chi connectivity index (χ3n) is 6.55. The molecule has 1 aliphatic carbocycles. The van der Waals surface area contributed by atoms with Crippen molar-refractivity contribution in [1.82, 2.24) is 14.8 Å². The van der Waals surface area contributed by atoms with Gasteiger partial charge in [0.25, 0.3) is 5.91 Å². The Morgan fingerprint density at radius 2 is 1.78 bits per heavy atom. The zero-order chi connectivity index (χ0) is 18.4. The van der Waals surface area contributed by atoms with Crippen LogP contribution in [0.2, 0.25) is 0 Å². The molecule has 1 aromatic heterocycles. The molecule has 6 rings (SSSR count). The first-order chi connectivity index (χ1) is 13.2. The number of nitrogens with zero attached hydrogens (tertiary/aromatic N) is 3. The van der Waals surface area contributed by atoms with E-state index in [1.807, 2.05) is 4.90 Å². The van der Waals surface area contributed by atoms with Crippen LogP contribution in [0.4, 0.5) is 4.39 Å². The summed E-state index contributed by atoms with van der Waals surface area (Å²) >= 11 is 0. The van der Waals surface area contributed by atoms with Gasteiger partial charge in [-0.1, -0.05) is 24.3 Å². The van der Waals surface area contributed by atoms with Gasteiger partial charge in [-0.15, -0.1) is 0 Å². The number of carbonyl (C=O) groups is 1. The molecule has 4 nitrogen and oxygen atoms in total. The average Bonchev–Trinajstić information content (AvgIpc) is 2.91. The maximum Gasteiger partial charge on any atom is 0.257 e. The Hall–Kier alpha value is -2.27. The Kier molecular flexibility index (Phi) is 4.20. The lowest BCUT2D eigenvalue weighted by atomic mass is 9.94. The van der Waals surface area contributed by atoms with Crippen LogP contribution in [-0.2, 0) is 12.8 Å². The van der Waals surface area contributed by atoms with Gasteiger partial charge in [0.15, 0.2) is 5.82 Å². The van der Waals surface area contributed by atoms with E-state index >= 15 is 0 Å². The molecule has 140 valence electrons. The number of piperidine rings is 1. The minimum Gasteiger partial charge on any atom is -0.334 e. The molecule has 3 saturated heterocycles. The summed E-state index contributed by atoms with van der Waals surface area (Å²) in [6, 6.07) is 10.9. The quantitative estimate of drug-likeness (QED) is 0.821. The van der Waals surface area contributed by atoms with Crippen molar-refractivity contribution in [2.24, 2.45) is 5.92 Å². The van der Waals surface area contributed by atoms with Crippen molar-refractivity contribution in [1.29, 1.82) is 0 Å². The van der Waals surface area contributed by atoms with Crippen LogP contribution < -0.4 is 0 Å². The zero-order valence-electron chi connectivity index (χ0n) is 15.4. The molecule has 27 heavy (non-hydrogen) atoms. The second-order valence-electron chi connectivity index (χ2n) is 8.19. The molecular weight excluding hydrogens is 341 g/mol. The third-order valence-corrected chi connectivity index (χ3v) is 6.55. The normalized spacial score (nSPS) is 25.4. The molecule has 4 heterocycles. The van der Waals surface area contributed by atoms with Crippen molar-refractivity contribution in [3.63, 3.8) is 0 Å². The summed E-state index contributed by atoms with van der Waals surface area (Å²) < 4.78 is 14.1. The van der Waals surface area contributed by atoms with E-state index in [-0.39, 0.29) is 17.5 Å². The van der Waals surface area contributed by atoms with E-state index in [1.165, 1.54) is 23.4 Å². The van der Waals surface area contributed by atoms with E-state index in [0.717, 1.165) is 51.5 Å². The summed E-state index contributed by atoms with van der Waals surface area (Å²) in [5, 5.41) is 0. The van der Waals surface area contributed by atoms with Crippen LogP contribution in [-0.4, -0.2) is 52.4 Å². The molecule has 2 aromatic rings. The highest BCUT2D eigenvalue weighted by molar-refractivity contribution is 5.94. The van der Waals surface area contributed by atoms with Crippen molar-refractivity contribution in [2.75, 3.05) is 19.6 Å². The van der Waals surface area contributed by atoms with Gasteiger partial charge in [0.1, 0.15) is 0 Å². The second-order valence-corrected chi connectivity index (χ2v) is 8.19. The highest BCUT2D eigenvalue weighted by Crippen LogP contribution is 2.33. The van der Waals surface area contributed by atoms with Gasteiger partial charge < -0.3 is 4.90 Å². The average molecular weight is 365 g/mol. The lowest BCUT2D eigenvalue weighted by Gasteiger charge is -2.36. The van der Waals surface area contributed by atoms with Crippen molar-refractivity contribution >= 4 is 5.91 Å². The van der Waals surface area contributed by atoms with Crippen LogP contribution in [0.15, 0.2) is 42.7 Å². The maximum absolute atomic E-state index is 14.1. The van der Waals surface area contributed by atoms with Crippen LogP contribution in [0.1, 0.15) is 34.3 Å². The monoisotopic (exact) mass is 365 g/mol. The van der Waals surface area contributed by atoms with E-state index in [0.29, 0.717) is 12.0 Å². The molecule has 2 bridgehead atoms. The molecule has 0 N–H and O–H groups in total. The van der Waals surface area contributed by atoms with E-state index in [2.05, 4.69) is 34.1 Å². The van der Waals surface area contributed by atoms with Crippen LogP contribution in [0, 0.1) is 11.7 Å². The summed E-state index contributed by atoms with van der Waals surface area (Å²) in [6.07, 6.45) is 6.99. The molecule has 2 atom stereocenters. The van der Waals surface area contributed by atoms with Crippen LogP contribution in [0.3, 0.4) is 0 Å². The Morgan fingerprint density at radius 3 is 2.52 bits per heavy atom. The van der Waals surface area contributed by atoms with Gasteiger partial charge in [0, 0.05) is 37.9 Å². The molecule has 1 aromatic carbocycles. The van der Waals surface area contributed by atoms with Crippen LogP contribution in [0.5, 0.6) is 0 Å². The minimum atomic E-state index is -0.522. The predicted octanol–water partition coefficient (Wildman–Crippen LogP) is 2.92. The Balaban J connectivity index is 1.35. The lowest BCUT2D eigenvalue weighted by Crippen LogP contribution is -2.48. The fraction of sp³-hybridized carbons (Fsp3) is 0.455. The SMILES string of the molecule is O=C(c1ccncc1F)N1C[C@H]2CC[C@@H]1CN(C1Cc3ccccc3C1)C2. The fourth-order valence-electron chi connectivity index (χ4n) is 5.16. The van der Waals surface area contributed by atoms with Crippen molar-refractivity contribution in [3.05, 3.63) is 65.2 Å². The van der Waals surface area contributed by atoms with E-state index in [1.54, 1.807) is 0 Å². The fourth-order valence-corrected chi connectivity index (χ4v) is 5.16. The first-order valence-corrected chi connectivity index (χ1v) is 9.90. The number of benzene rings is 1. The highest BCUT2D eigenvalue weighted by atomic mass is 19.1. The summed E-state index contributed by atoms with van der Waals surface area (Å²) in [5.74, 6) is -0.229. The summed E-state index contributed by atoms with van der Waals surface area (Å²) in [4.78, 5) is 21.3. The molecule has 1 amide bonds. The molecule has 0 radical (unpaired) electrons. The van der Waals surface area contributed by atoms with Gasteiger partial charge in [-0.2, -0.15) is 0 Å². The number of rotatable bonds is 2. The van der Waals surface area contributed by atoms with Crippen molar-refractivity contribution < 1.29 is 9.18 Å². The highest BCUT2D eigenvalue weighted by Gasteiger charge is 2.40.